The molecule has 1 aliphatic heterocycles. The van der Waals surface area contributed by atoms with Crippen LogP contribution >= 0.6 is 0 Å². The summed E-state index contributed by atoms with van der Waals surface area (Å²) in [6.07, 6.45) is 11.5. The predicted molar refractivity (Wildman–Crippen MR) is 135 cm³/mol. The minimum Gasteiger partial charge on any atom is -0.494 e. The van der Waals surface area contributed by atoms with E-state index in [0.29, 0.717) is 19.1 Å². The number of rotatable bonds is 10. The Kier molecular flexibility index (Phi) is 9.26. The Bertz CT molecular complexity index is 797. The van der Waals surface area contributed by atoms with Crippen LogP contribution in [0.5, 0.6) is 5.75 Å². The van der Waals surface area contributed by atoms with E-state index in [2.05, 4.69) is 50.2 Å². The van der Waals surface area contributed by atoms with Gasteiger partial charge in [0.25, 0.3) is 0 Å². The molecule has 1 aliphatic carbocycles. The molecule has 3 nitrogen and oxygen atoms in total. The average Bonchev–Trinajstić information content (AvgIpc) is 2.88. The second-order valence-electron chi connectivity index (χ2n) is 9.99. The molecule has 0 radical (unpaired) electrons. The van der Waals surface area contributed by atoms with Crippen molar-refractivity contribution in [2.45, 2.75) is 89.8 Å². The molecule has 0 N–H and O–H groups in total. The normalized spacial score (nSPS) is 25.6. The maximum atomic E-state index is 6.10. The molecule has 0 amide bonds. The van der Waals surface area contributed by atoms with Crippen LogP contribution in [0.2, 0.25) is 0 Å². The van der Waals surface area contributed by atoms with Gasteiger partial charge in [-0.1, -0.05) is 75.9 Å². The molecule has 1 heterocycles. The fourth-order valence-corrected chi connectivity index (χ4v) is 5.38. The predicted octanol–water partition coefficient (Wildman–Crippen LogP) is 8.16. The van der Waals surface area contributed by atoms with E-state index in [-0.39, 0.29) is 6.29 Å². The summed E-state index contributed by atoms with van der Waals surface area (Å²) >= 11 is 0. The van der Waals surface area contributed by atoms with Crippen molar-refractivity contribution >= 4 is 0 Å². The van der Waals surface area contributed by atoms with Crippen molar-refractivity contribution < 1.29 is 14.2 Å². The third kappa shape index (κ3) is 6.83. The molecule has 3 heteroatoms. The first-order valence-electron chi connectivity index (χ1n) is 13.3. The number of ether oxygens (including phenoxy) is 3. The second kappa shape index (κ2) is 12.6. The van der Waals surface area contributed by atoms with E-state index in [1.165, 1.54) is 62.5 Å². The quantitative estimate of drug-likeness (QED) is 0.342. The van der Waals surface area contributed by atoms with Gasteiger partial charge in [0.2, 0.25) is 0 Å². The Hall–Kier alpha value is -1.84. The summed E-state index contributed by atoms with van der Waals surface area (Å²) in [6, 6.07) is 17.5. The van der Waals surface area contributed by atoms with Gasteiger partial charge in [0.1, 0.15) is 5.75 Å². The highest BCUT2D eigenvalue weighted by Crippen LogP contribution is 2.38. The van der Waals surface area contributed by atoms with Crippen molar-refractivity contribution in [3.63, 3.8) is 0 Å². The van der Waals surface area contributed by atoms with E-state index in [9.17, 15) is 0 Å². The van der Waals surface area contributed by atoms with Crippen LogP contribution in [0.4, 0.5) is 0 Å². The minimum atomic E-state index is -0.284. The van der Waals surface area contributed by atoms with Gasteiger partial charge in [0, 0.05) is 11.5 Å². The standard InChI is InChI=1S/C30H42O3/c1-3-5-6-20-31-29-18-16-27(17-19-29)30-32-21-28(22-33-30)26-14-12-25(13-15-26)24-10-8-23(7-4-2)9-11-24/h12-19,23-24,28,30H,3-11,20-22H2,1-2H3/t23-,24-,28?,30?. The molecule has 0 bridgehead atoms. The van der Waals surface area contributed by atoms with Crippen LogP contribution in [-0.2, 0) is 9.47 Å². The maximum absolute atomic E-state index is 6.10. The molecule has 4 rings (SSSR count). The molecule has 180 valence electrons. The summed E-state index contributed by atoms with van der Waals surface area (Å²) in [5, 5.41) is 0. The SMILES string of the molecule is CCCCCOc1ccc(C2OCC(c3ccc([C@H]4CC[C@H](CCC)CC4)cc3)CO2)cc1. The smallest absolute Gasteiger partial charge is 0.183 e. The Balaban J connectivity index is 1.23. The van der Waals surface area contributed by atoms with Gasteiger partial charge < -0.3 is 14.2 Å². The van der Waals surface area contributed by atoms with Crippen LogP contribution in [0.3, 0.4) is 0 Å². The lowest BCUT2D eigenvalue weighted by molar-refractivity contribution is -0.191. The zero-order chi connectivity index (χ0) is 22.9. The van der Waals surface area contributed by atoms with Gasteiger partial charge in [0.05, 0.1) is 19.8 Å². The fourth-order valence-electron chi connectivity index (χ4n) is 5.38. The molecule has 0 aromatic heterocycles. The van der Waals surface area contributed by atoms with E-state index in [4.69, 9.17) is 14.2 Å². The van der Waals surface area contributed by atoms with Crippen molar-refractivity contribution in [3.8, 4) is 5.75 Å². The third-order valence-electron chi connectivity index (χ3n) is 7.49. The zero-order valence-corrected chi connectivity index (χ0v) is 20.6. The summed E-state index contributed by atoms with van der Waals surface area (Å²) in [6.45, 7) is 6.69. The third-order valence-corrected chi connectivity index (χ3v) is 7.49. The van der Waals surface area contributed by atoms with Crippen molar-refractivity contribution in [2.75, 3.05) is 19.8 Å². The van der Waals surface area contributed by atoms with E-state index in [0.717, 1.165) is 36.2 Å². The fraction of sp³-hybridized carbons (Fsp3) is 0.600. The van der Waals surface area contributed by atoms with Crippen LogP contribution < -0.4 is 4.74 Å². The summed E-state index contributed by atoms with van der Waals surface area (Å²) in [4.78, 5) is 0. The first-order chi connectivity index (χ1) is 16.3. The Morgan fingerprint density at radius 1 is 0.697 bits per heavy atom. The molecule has 0 unspecified atom stereocenters. The van der Waals surface area contributed by atoms with Crippen LogP contribution in [0, 0.1) is 5.92 Å². The van der Waals surface area contributed by atoms with Gasteiger partial charge in [-0.15, -0.1) is 0 Å². The van der Waals surface area contributed by atoms with Crippen molar-refractivity contribution in [3.05, 3.63) is 65.2 Å². The minimum absolute atomic E-state index is 0.284. The molecule has 0 spiro atoms. The van der Waals surface area contributed by atoms with E-state index in [1.807, 2.05) is 12.1 Å². The van der Waals surface area contributed by atoms with Gasteiger partial charge in [-0.05, 0) is 67.2 Å². The number of unbranched alkanes of at least 4 members (excludes halogenated alkanes) is 2. The maximum Gasteiger partial charge on any atom is 0.183 e. The van der Waals surface area contributed by atoms with Gasteiger partial charge in [0.15, 0.2) is 6.29 Å². The highest BCUT2D eigenvalue weighted by Gasteiger charge is 2.26. The lowest BCUT2D eigenvalue weighted by atomic mass is 9.77. The van der Waals surface area contributed by atoms with Crippen LogP contribution in [0.1, 0.15) is 106 Å². The van der Waals surface area contributed by atoms with Crippen LogP contribution in [0.15, 0.2) is 48.5 Å². The molecule has 0 atom stereocenters. The highest BCUT2D eigenvalue weighted by molar-refractivity contribution is 5.30. The molecular formula is C30H42O3. The summed E-state index contributed by atoms with van der Waals surface area (Å²) in [5.41, 5.74) is 3.90. The lowest BCUT2D eigenvalue weighted by Gasteiger charge is -2.31. The molecule has 1 saturated carbocycles. The first-order valence-corrected chi connectivity index (χ1v) is 13.3. The Morgan fingerprint density at radius 2 is 1.30 bits per heavy atom. The molecule has 2 aliphatic rings. The Morgan fingerprint density at radius 3 is 1.91 bits per heavy atom. The number of hydrogen-bond donors (Lipinski definition) is 0. The van der Waals surface area contributed by atoms with Crippen molar-refractivity contribution in [1.29, 1.82) is 0 Å². The van der Waals surface area contributed by atoms with E-state index >= 15 is 0 Å². The first kappa shape index (κ1) is 24.3. The van der Waals surface area contributed by atoms with Gasteiger partial charge in [-0.25, -0.2) is 0 Å². The topological polar surface area (TPSA) is 27.7 Å². The average molecular weight is 451 g/mol. The van der Waals surface area contributed by atoms with Gasteiger partial charge in [-0.3, -0.25) is 0 Å². The molecule has 1 saturated heterocycles. The van der Waals surface area contributed by atoms with Crippen molar-refractivity contribution in [1.82, 2.24) is 0 Å². The van der Waals surface area contributed by atoms with Gasteiger partial charge in [-0.2, -0.15) is 0 Å². The van der Waals surface area contributed by atoms with Crippen LogP contribution in [-0.4, -0.2) is 19.8 Å². The zero-order valence-electron chi connectivity index (χ0n) is 20.6. The summed E-state index contributed by atoms with van der Waals surface area (Å²) in [7, 11) is 0. The summed E-state index contributed by atoms with van der Waals surface area (Å²) < 4.78 is 18.0. The van der Waals surface area contributed by atoms with Gasteiger partial charge >= 0.3 is 0 Å². The molecule has 2 fully saturated rings. The molecule has 2 aromatic rings. The molecular weight excluding hydrogens is 408 g/mol. The number of benzene rings is 2. The molecule has 33 heavy (non-hydrogen) atoms. The van der Waals surface area contributed by atoms with E-state index < -0.39 is 0 Å². The molecule has 2 aromatic carbocycles. The van der Waals surface area contributed by atoms with Crippen LogP contribution in [0.25, 0.3) is 0 Å². The Labute approximate surface area is 200 Å². The number of hydrogen-bond acceptors (Lipinski definition) is 3. The van der Waals surface area contributed by atoms with Crippen molar-refractivity contribution in [2.24, 2.45) is 5.92 Å². The largest absolute Gasteiger partial charge is 0.494 e. The van der Waals surface area contributed by atoms with E-state index in [1.54, 1.807) is 0 Å². The second-order valence-corrected chi connectivity index (χ2v) is 9.99. The summed E-state index contributed by atoms with van der Waals surface area (Å²) in [5.74, 6) is 2.93. The monoisotopic (exact) mass is 450 g/mol. The lowest BCUT2D eigenvalue weighted by Crippen LogP contribution is -2.25. The highest BCUT2D eigenvalue weighted by atomic mass is 16.7.